The van der Waals surface area contributed by atoms with Crippen LogP contribution in [0.25, 0.3) is 10.6 Å². The summed E-state index contributed by atoms with van der Waals surface area (Å²) in [6.07, 6.45) is 0. The van der Waals surface area contributed by atoms with Gasteiger partial charge in [0.25, 0.3) is 11.8 Å². The van der Waals surface area contributed by atoms with Crippen molar-refractivity contribution < 1.29 is 14.3 Å². The van der Waals surface area contributed by atoms with Crippen molar-refractivity contribution in [3.63, 3.8) is 0 Å². The van der Waals surface area contributed by atoms with Gasteiger partial charge in [-0.3, -0.25) is 20.4 Å². The number of hydrogen-bond donors (Lipinski definition) is 2. The van der Waals surface area contributed by atoms with Gasteiger partial charge in [-0.1, -0.05) is 62.4 Å². The first-order valence-corrected chi connectivity index (χ1v) is 10.1. The minimum atomic E-state index is -0.442. The zero-order valence-electron chi connectivity index (χ0n) is 16.6. The van der Waals surface area contributed by atoms with Crippen LogP contribution in [-0.2, 0) is 4.79 Å². The Morgan fingerprint density at radius 3 is 2.45 bits per heavy atom. The summed E-state index contributed by atoms with van der Waals surface area (Å²) in [6.45, 7) is 5.69. The molecule has 2 amide bonds. The molecule has 0 bridgehead atoms. The number of para-hydroxylation sites is 1. The van der Waals surface area contributed by atoms with Gasteiger partial charge in [-0.25, -0.2) is 4.98 Å². The van der Waals surface area contributed by atoms with Gasteiger partial charge in [-0.2, -0.15) is 0 Å². The van der Waals surface area contributed by atoms with Crippen LogP contribution in [0.15, 0.2) is 54.6 Å². The molecule has 0 saturated carbocycles. The number of aryl methyl sites for hydroxylation is 1. The third kappa shape index (κ3) is 5.20. The molecule has 0 unspecified atom stereocenters. The van der Waals surface area contributed by atoms with Crippen LogP contribution < -0.4 is 15.6 Å². The summed E-state index contributed by atoms with van der Waals surface area (Å²) in [6, 6.07) is 17.2. The van der Waals surface area contributed by atoms with Gasteiger partial charge in [-0.15, -0.1) is 11.3 Å². The van der Waals surface area contributed by atoms with Crippen molar-refractivity contribution in [1.82, 2.24) is 15.8 Å². The highest BCUT2D eigenvalue weighted by molar-refractivity contribution is 7.17. The molecule has 1 aromatic heterocycles. The van der Waals surface area contributed by atoms with E-state index in [0.717, 1.165) is 16.1 Å². The zero-order chi connectivity index (χ0) is 20.8. The maximum Gasteiger partial charge on any atom is 0.281 e. The van der Waals surface area contributed by atoms with Crippen LogP contribution in [0.1, 0.15) is 40.7 Å². The van der Waals surface area contributed by atoms with Crippen molar-refractivity contribution in [2.75, 3.05) is 6.61 Å². The Hall–Kier alpha value is -3.19. The number of ether oxygens (including phenoxy) is 1. The Bertz CT molecular complexity index is 1000. The Kier molecular flexibility index (Phi) is 6.61. The number of benzene rings is 2. The number of nitrogens with zero attached hydrogens (tertiary/aromatic N) is 1. The van der Waals surface area contributed by atoms with Crippen LogP contribution in [0.4, 0.5) is 0 Å². The van der Waals surface area contributed by atoms with E-state index in [4.69, 9.17) is 4.74 Å². The van der Waals surface area contributed by atoms with Gasteiger partial charge >= 0.3 is 0 Å². The number of thiazole rings is 1. The van der Waals surface area contributed by atoms with Gasteiger partial charge < -0.3 is 4.74 Å². The number of nitrogens with one attached hydrogen (secondary N) is 2. The molecule has 0 aliphatic rings. The fourth-order valence-corrected chi connectivity index (χ4v) is 3.73. The first kappa shape index (κ1) is 20.5. The zero-order valence-corrected chi connectivity index (χ0v) is 17.4. The van der Waals surface area contributed by atoms with E-state index in [9.17, 15) is 9.59 Å². The number of hydrazine groups is 1. The van der Waals surface area contributed by atoms with Crippen LogP contribution in [0.3, 0.4) is 0 Å². The molecule has 0 atom stereocenters. The topological polar surface area (TPSA) is 80.3 Å². The molecule has 0 aliphatic heterocycles. The standard InChI is InChI=1S/C22H23N3O3S/c1-14(2)17-11-7-8-12-18(17)28-13-19(26)24-25-21(27)20-15(3)23-22(29-20)16-9-5-4-6-10-16/h4-12,14H,13H2,1-3H3,(H,24,26)(H,25,27). The van der Waals surface area contributed by atoms with E-state index in [0.29, 0.717) is 16.3 Å². The van der Waals surface area contributed by atoms with E-state index in [1.165, 1.54) is 11.3 Å². The van der Waals surface area contributed by atoms with Gasteiger partial charge in [0.2, 0.25) is 0 Å². The fourth-order valence-electron chi connectivity index (χ4n) is 2.76. The summed E-state index contributed by atoms with van der Waals surface area (Å²) in [7, 11) is 0. The van der Waals surface area contributed by atoms with Gasteiger partial charge in [0, 0.05) is 5.56 Å². The Morgan fingerprint density at radius 1 is 1.03 bits per heavy atom. The van der Waals surface area contributed by atoms with Crippen LogP contribution in [0.2, 0.25) is 0 Å². The predicted molar refractivity (Wildman–Crippen MR) is 114 cm³/mol. The molecule has 3 rings (SSSR count). The summed E-state index contributed by atoms with van der Waals surface area (Å²) in [5, 5.41) is 0.758. The van der Waals surface area contributed by atoms with Crippen molar-refractivity contribution >= 4 is 23.2 Å². The number of aromatic nitrogens is 1. The van der Waals surface area contributed by atoms with E-state index in [-0.39, 0.29) is 12.5 Å². The minimum Gasteiger partial charge on any atom is -0.483 e. The lowest BCUT2D eigenvalue weighted by molar-refractivity contribution is -0.123. The highest BCUT2D eigenvalue weighted by atomic mass is 32.1. The van der Waals surface area contributed by atoms with Gasteiger partial charge in [0.1, 0.15) is 15.6 Å². The van der Waals surface area contributed by atoms with E-state index >= 15 is 0 Å². The first-order valence-electron chi connectivity index (χ1n) is 9.29. The molecule has 0 saturated heterocycles. The van der Waals surface area contributed by atoms with Crippen molar-refractivity contribution in [2.45, 2.75) is 26.7 Å². The smallest absolute Gasteiger partial charge is 0.281 e. The molecule has 6 nitrogen and oxygen atoms in total. The van der Waals surface area contributed by atoms with Gasteiger partial charge in [0.15, 0.2) is 6.61 Å². The Morgan fingerprint density at radius 2 is 1.72 bits per heavy atom. The number of carbonyl (C=O) groups excluding carboxylic acids is 2. The molecule has 1 heterocycles. The first-order chi connectivity index (χ1) is 14.0. The second kappa shape index (κ2) is 9.34. The summed E-state index contributed by atoms with van der Waals surface area (Å²) in [5.74, 6) is 0.0948. The van der Waals surface area contributed by atoms with Crippen molar-refractivity contribution in [1.29, 1.82) is 0 Å². The van der Waals surface area contributed by atoms with E-state index < -0.39 is 11.8 Å². The van der Waals surface area contributed by atoms with Gasteiger partial charge in [-0.05, 0) is 24.5 Å². The molecule has 0 spiro atoms. The molecule has 29 heavy (non-hydrogen) atoms. The van der Waals surface area contributed by atoms with Crippen LogP contribution in [0.5, 0.6) is 5.75 Å². The number of hydrogen-bond acceptors (Lipinski definition) is 5. The van der Waals surface area contributed by atoms with Crippen molar-refractivity contribution in [3.8, 4) is 16.3 Å². The Labute approximate surface area is 173 Å². The molecule has 2 aromatic carbocycles. The second-order valence-corrected chi connectivity index (χ2v) is 7.78. The molecule has 150 valence electrons. The van der Waals surface area contributed by atoms with Gasteiger partial charge in [0.05, 0.1) is 5.69 Å². The SMILES string of the molecule is Cc1nc(-c2ccccc2)sc1C(=O)NNC(=O)COc1ccccc1C(C)C. The van der Waals surface area contributed by atoms with Crippen LogP contribution >= 0.6 is 11.3 Å². The van der Waals surface area contributed by atoms with E-state index in [2.05, 4.69) is 29.7 Å². The van der Waals surface area contributed by atoms with E-state index in [1.54, 1.807) is 6.92 Å². The van der Waals surface area contributed by atoms with Crippen molar-refractivity contribution in [2.24, 2.45) is 0 Å². The molecule has 0 radical (unpaired) electrons. The molecule has 3 aromatic rings. The molecule has 7 heteroatoms. The molecule has 0 aliphatic carbocycles. The monoisotopic (exact) mass is 409 g/mol. The summed E-state index contributed by atoms with van der Waals surface area (Å²) < 4.78 is 5.61. The predicted octanol–water partition coefficient (Wildman–Crippen LogP) is 4.08. The minimum absolute atomic E-state index is 0.194. The third-order valence-electron chi connectivity index (χ3n) is 4.24. The normalized spacial score (nSPS) is 10.6. The van der Waals surface area contributed by atoms with Crippen molar-refractivity contribution in [3.05, 3.63) is 70.7 Å². The largest absolute Gasteiger partial charge is 0.483 e. The lowest BCUT2D eigenvalue weighted by atomic mass is 10.0. The second-order valence-electron chi connectivity index (χ2n) is 6.78. The van der Waals surface area contributed by atoms with Crippen LogP contribution in [-0.4, -0.2) is 23.4 Å². The lowest BCUT2D eigenvalue weighted by Crippen LogP contribution is -2.43. The molecular formula is C22H23N3O3S. The maximum atomic E-state index is 12.4. The molecule has 0 fully saturated rings. The number of carbonyl (C=O) groups is 2. The summed E-state index contributed by atoms with van der Waals surface area (Å²) in [5.41, 5.74) is 7.41. The quantitative estimate of drug-likeness (QED) is 0.601. The average Bonchev–Trinajstić information content (AvgIpc) is 3.13. The summed E-state index contributed by atoms with van der Waals surface area (Å²) >= 11 is 1.28. The fraction of sp³-hybridized carbons (Fsp3) is 0.227. The summed E-state index contributed by atoms with van der Waals surface area (Å²) in [4.78, 5) is 29.4. The maximum absolute atomic E-state index is 12.4. The number of amides is 2. The lowest BCUT2D eigenvalue weighted by Gasteiger charge is -2.13. The number of rotatable bonds is 6. The highest BCUT2D eigenvalue weighted by Gasteiger charge is 2.17. The highest BCUT2D eigenvalue weighted by Crippen LogP contribution is 2.27. The van der Waals surface area contributed by atoms with Crippen LogP contribution in [0, 0.1) is 6.92 Å². The Balaban J connectivity index is 1.56. The molecular weight excluding hydrogens is 386 g/mol. The van der Waals surface area contributed by atoms with E-state index in [1.807, 2.05) is 54.6 Å². The average molecular weight is 410 g/mol. The molecule has 2 N–H and O–H groups in total. The third-order valence-corrected chi connectivity index (χ3v) is 5.44.